The standard InChI is InChI=1S/C17H28N2O/c1-12(2)20-16-10-6-9-15(17(16)18)19(4)14-8-5-7-13(3)11-14/h6,9-10,12-14H,5,7-8,11,18H2,1-4H3. The van der Waals surface area contributed by atoms with Gasteiger partial charge in [0.15, 0.2) is 0 Å². The molecule has 1 fully saturated rings. The Labute approximate surface area is 123 Å². The highest BCUT2D eigenvalue weighted by molar-refractivity contribution is 5.74. The average molecular weight is 276 g/mol. The van der Waals surface area contributed by atoms with Gasteiger partial charge < -0.3 is 15.4 Å². The van der Waals surface area contributed by atoms with Crippen LogP contribution in [0.1, 0.15) is 46.5 Å². The van der Waals surface area contributed by atoms with Crippen molar-refractivity contribution in [3.63, 3.8) is 0 Å². The zero-order valence-corrected chi connectivity index (χ0v) is 13.2. The zero-order chi connectivity index (χ0) is 14.7. The summed E-state index contributed by atoms with van der Waals surface area (Å²) in [6, 6.07) is 6.68. The number of rotatable bonds is 4. The number of hydrogen-bond donors (Lipinski definition) is 1. The van der Waals surface area contributed by atoms with Crippen LogP contribution < -0.4 is 15.4 Å². The Balaban J connectivity index is 2.18. The van der Waals surface area contributed by atoms with E-state index >= 15 is 0 Å². The van der Waals surface area contributed by atoms with Crippen molar-refractivity contribution in [1.82, 2.24) is 0 Å². The molecule has 0 spiro atoms. The van der Waals surface area contributed by atoms with Crippen LogP contribution in [0, 0.1) is 5.92 Å². The molecule has 20 heavy (non-hydrogen) atoms. The number of nitrogens with zero attached hydrogens (tertiary/aromatic N) is 1. The van der Waals surface area contributed by atoms with Crippen LogP contribution in [0.25, 0.3) is 0 Å². The molecule has 2 atom stereocenters. The van der Waals surface area contributed by atoms with E-state index in [0.717, 1.165) is 23.0 Å². The Morgan fingerprint density at radius 1 is 1.30 bits per heavy atom. The van der Waals surface area contributed by atoms with E-state index in [1.165, 1.54) is 25.7 Å². The number of benzene rings is 1. The Bertz CT molecular complexity index is 445. The zero-order valence-electron chi connectivity index (χ0n) is 13.2. The lowest BCUT2D eigenvalue weighted by atomic mass is 9.86. The average Bonchev–Trinajstić information content (AvgIpc) is 2.40. The van der Waals surface area contributed by atoms with Gasteiger partial charge in [-0.05, 0) is 44.7 Å². The molecule has 1 aliphatic carbocycles. The molecular weight excluding hydrogens is 248 g/mol. The van der Waals surface area contributed by atoms with Crippen LogP contribution in [0.2, 0.25) is 0 Å². The first-order valence-electron chi connectivity index (χ1n) is 7.77. The van der Waals surface area contributed by atoms with Gasteiger partial charge in [-0.25, -0.2) is 0 Å². The minimum Gasteiger partial charge on any atom is -0.489 e. The molecule has 1 saturated carbocycles. The predicted molar refractivity (Wildman–Crippen MR) is 86.4 cm³/mol. The third-order valence-corrected chi connectivity index (χ3v) is 4.24. The van der Waals surface area contributed by atoms with Crippen molar-refractivity contribution in [3.8, 4) is 5.75 Å². The third kappa shape index (κ3) is 3.38. The second-order valence-corrected chi connectivity index (χ2v) is 6.39. The summed E-state index contributed by atoms with van der Waals surface area (Å²) in [5.74, 6) is 1.61. The fourth-order valence-corrected chi connectivity index (χ4v) is 3.15. The third-order valence-electron chi connectivity index (χ3n) is 4.24. The van der Waals surface area contributed by atoms with Gasteiger partial charge in [0.2, 0.25) is 0 Å². The van der Waals surface area contributed by atoms with Crippen LogP contribution in [0.3, 0.4) is 0 Å². The monoisotopic (exact) mass is 276 g/mol. The summed E-state index contributed by atoms with van der Waals surface area (Å²) in [5.41, 5.74) is 8.17. The highest BCUT2D eigenvalue weighted by Crippen LogP contribution is 2.36. The molecule has 3 nitrogen and oxygen atoms in total. The molecule has 0 bridgehead atoms. The normalized spacial score (nSPS) is 22.9. The summed E-state index contributed by atoms with van der Waals surface area (Å²) in [6.07, 6.45) is 5.34. The van der Waals surface area contributed by atoms with Crippen LogP contribution in [-0.4, -0.2) is 19.2 Å². The van der Waals surface area contributed by atoms with Gasteiger partial charge in [0.1, 0.15) is 5.75 Å². The van der Waals surface area contributed by atoms with Crippen LogP contribution >= 0.6 is 0 Å². The SMILES string of the molecule is CC1CCCC(N(C)c2cccc(OC(C)C)c2N)C1. The molecule has 1 aromatic carbocycles. The molecule has 0 aromatic heterocycles. The van der Waals surface area contributed by atoms with Crippen molar-refractivity contribution < 1.29 is 4.74 Å². The van der Waals surface area contributed by atoms with Gasteiger partial charge in [-0.15, -0.1) is 0 Å². The summed E-state index contributed by atoms with van der Waals surface area (Å²) in [5, 5.41) is 0. The second kappa shape index (κ2) is 6.38. The van der Waals surface area contributed by atoms with Crippen molar-refractivity contribution in [3.05, 3.63) is 18.2 Å². The molecule has 2 rings (SSSR count). The number of nitrogen functional groups attached to an aromatic ring is 1. The molecule has 0 radical (unpaired) electrons. The molecule has 0 aliphatic heterocycles. The van der Waals surface area contributed by atoms with E-state index in [1.807, 2.05) is 26.0 Å². The molecule has 0 saturated heterocycles. The fraction of sp³-hybridized carbons (Fsp3) is 0.647. The lowest BCUT2D eigenvalue weighted by molar-refractivity contribution is 0.244. The van der Waals surface area contributed by atoms with Crippen molar-refractivity contribution in [2.45, 2.75) is 58.6 Å². The first kappa shape index (κ1) is 15.0. The van der Waals surface area contributed by atoms with Gasteiger partial charge in [0, 0.05) is 13.1 Å². The quantitative estimate of drug-likeness (QED) is 0.842. The van der Waals surface area contributed by atoms with Crippen molar-refractivity contribution in [2.75, 3.05) is 17.7 Å². The maximum atomic E-state index is 6.31. The fourth-order valence-electron chi connectivity index (χ4n) is 3.15. The van der Waals surface area contributed by atoms with Crippen LogP contribution in [-0.2, 0) is 0 Å². The molecule has 112 valence electrons. The van der Waals surface area contributed by atoms with Gasteiger partial charge >= 0.3 is 0 Å². The van der Waals surface area contributed by atoms with Gasteiger partial charge in [0.25, 0.3) is 0 Å². The highest BCUT2D eigenvalue weighted by Gasteiger charge is 2.24. The van der Waals surface area contributed by atoms with E-state index in [1.54, 1.807) is 0 Å². The summed E-state index contributed by atoms with van der Waals surface area (Å²) in [4.78, 5) is 2.35. The van der Waals surface area contributed by atoms with Gasteiger partial charge in [0.05, 0.1) is 17.5 Å². The Kier molecular flexibility index (Phi) is 4.79. The van der Waals surface area contributed by atoms with E-state index in [2.05, 4.69) is 24.9 Å². The van der Waals surface area contributed by atoms with Gasteiger partial charge in [-0.1, -0.05) is 25.8 Å². The Morgan fingerprint density at radius 2 is 2.05 bits per heavy atom. The summed E-state index contributed by atoms with van der Waals surface area (Å²) < 4.78 is 5.79. The number of para-hydroxylation sites is 1. The predicted octanol–water partition coefficient (Wildman–Crippen LogP) is 4.07. The number of ether oxygens (including phenoxy) is 1. The minimum atomic E-state index is 0.146. The molecule has 0 heterocycles. The number of anilines is 2. The maximum Gasteiger partial charge on any atom is 0.144 e. The van der Waals surface area contributed by atoms with Gasteiger partial charge in [-0.2, -0.15) is 0 Å². The van der Waals surface area contributed by atoms with Gasteiger partial charge in [-0.3, -0.25) is 0 Å². The first-order valence-corrected chi connectivity index (χ1v) is 7.77. The Morgan fingerprint density at radius 3 is 2.70 bits per heavy atom. The largest absolute Gasteiger partial charge is 0.489 e. The first-order chi connectivity index (χ1) is 9.49. The van der Waals surface area contributed by atoms with Crippen LogP contribution in [0.4, 0.5) is 11.4 Å². The summed E-state index contributed by atoms with van der Waals surface area (Å²) >= 11 is 0. The molecule has 1 aromatic rings. The second-order valence-electron chi connectivity index (χ2n) is 6.39. The smallest absolute Gasteiger partial charge is 0.144 e. The molecule has 0 amide bonds. The maximum absolute atomic E-state index is 6.31. The molecular formula is C17H28N2O. The molecule has 1 aliphatic rings. The summed E-state index contributed by atoms with van der Waals surface area (Å²) in [7, 11) is 2.16. The molecule has 2 N–H and O–H groups in total. The van der Waals surface area contributed by atoms with Crippen LogP contribution in [0.15, 0.2) is 18.2 Å². The molecule has 3 heteroatoms. The van der Waals surface area contributed by atoms with E-state index in [-0.39, 0.29) is 6.10 Å². The van der Waals surface area contributed by atoms with E-state index in [9.17, 15) is 0 Å². The van der Waals surface area contributed by atoms with Crippen molar-refractivity contribution in [1.29, 1.82) is 0 Å². The van der Waals surface area contributed by atoms with E-state index in [0.29, 0.717) is 6.04 Å². The molecule has 2 unspecified atom stereocenters. The van der Waals surface area contributed by atoms with Crippen molar-refractivity contribution >= 4 is 11.4 Å². The van der Waals surface area contributed by atoms with E-state index < -0.39 is 0 Å². The topological polar surface area (TPSA) is 38.5 Å². The summed E-state index contributed by atoms with van der Waals surface area (Å²) in [6.45, 7) is 6.40. The minimum absolute atomic E-state index is 0.146. The highest BCUT2D eigenvalue weighted by atomic mass is 16.5. The van der Waals surface area contributed by atoms with E-state index in [4.69, 9.17) is 10.5 Å². The number of hydrogen-bond acceptors (Lipinski definition) is 3. The van der Waals surface area contributed by atoms with Crippen LogP contribution in [0.5, 0.6) is 5.75 Å². The van der Waals surface area contributed by atoms with Crippen molar-refractivity contribution in [2.24, 2.45) is 5.92 Å². The lowest BCUT2D eigenvalue weighted by Gasteiger charge is -2.36. The lowest BCUT2D eigenvalue weighted by Crippen LogP contribution is -2.36. The Hall–Kier alpha value is -1.38. The number of nitrogens with two attached hydrogens (primary N) is 1.